The summed E-state index contributed by atoms with van der Waals surface area (Å²) in [6.45, 7) is 1.74. The molecule has 1 aliphatic heterocycles. The van der Waals surface area contributed by atoms with Gasteiger partial charge in [-0.2, -0.15) is 12.7 Å². The Morgan fingerprint density at radius 2 is 1.70 bits per heavy atom. The van der Waals surface area contributed by atoms with Gasteiger partial charge in [-0.05, 0) is 56.1 Å². The van der Waals surface area contributed by atoms with Crippen molar-refractivity contribution in [3.05, 3.63) is 59.2 Å². The van der Waals surface area contributed by atoms with Crippen LogP contribution in [-0.2, 0) is 28.1 Å². The first-order chi connectivity index (χ1) is 19.1. The molecule has 0 bridgehead atoms. The van der Waals surface area contributed by atoms with Gasteiger partial charge in [-0.1, -0.05) is 49.6 Å². The van der Waals surface area contributed by atoms with Crippen molar-refractivity contribution in [1.29, 1.82) is 0 Å². The van der Waals surface area contributed by atoms with Gasteiger partial charge in [0.05, 0.1) is 11.3 Å². The van der Waals surface area contributed by atoms with E-state index in [4.69, 9.17) is 0 Å². The fourth-order valence-electron chi connectivity index (χ4n) is 6.09. The minimum absolute atomic E-state index is 0.0229. The zero-order chi connectivity index (χ0) is 28.6. The third-order valence-electron chi connectivity index (χ3n) is 8.18. The second-order valence-corrected chi connectivity index (χ2v) is 13.3. The molecule has 0 unspecified atom stereocenters. The molecule has 1 saturated carbocycles. The first kappa shape index (κ1) is 28.3. The second kappa shape index (κ2) is 11.3. The molecule has 0 atom stereocenters. The maximum Gasteiger partial charge on any atom is 0.303 e. The van der Waals surface area contributed by atoms with Crippen LogP contribution in [0.5, 0.6) is 0 Å². The molecular weight excluding hydrogens is 526 g/mol. The number of nitrogens with zero attached hydrogens (tertiary/aromatic N) is 4. The molecule has 0 spiro atoms. The lowest BCUT2D eigenvalue weighted by atomic mass is 9.80. The minimum Gasteiger partial charge on any atom is -0.336 e. The summed E-state index contributed by atoms with van der Waals surface area (Å²) in [6, 6.07) is 13.6. The lowest BCUT2D eigenvalue weighted by Crippen LogP contribution is -2.41. The largest absolute Gasteiger partial charge is 0.336 e. The van der Waals surface area contributed by atoms with Crippen molar-refractivity contribution in [1.82, 2.24) is 23.4 Å². The number of amides is 2. The number of carbonyl (C=O) groups is 2. The van der Waals surface area contributed by atoms with Crippen LogP contribution in [0.15, 0.2) is 42.5 Å². The molecule has 2 aromatic carbocycles. The molecular formula is C30H39N5O4S. The Labute approximate surface area is 236 Å². The number of carbonyl (C=O) groups excluding carboxylic acids is 2. The lowest BCUT2D eigenvalue weighted by molar-refractivity contribution is -0.132. The zero-order valence-electron chi connectivity index (χ0n) is 23.8. The molecule has 1 aliphatic carbocycles. The van der Waals surface area contributed by atoms with Crippen molar-refractivity contribution in [2.75, 3.05) is 41.3 Å². The fraction of sp³-hybridized carbons (Fsp3) is 0.467. The third kappa shape index (κ3) is 5.40. The number of nitrogens with one attached hydrogen (secondary N) is 1. The average molecular weight is 566 g/mol. The Morgan fingerprint density at radius 1 is 0.975 bits per heavy atom. The van der Waals surface area contributed by atoms with E-state index in [0.717, 1.165) is 52.1 Å². The van der Waals surface area contributed by atoms with Gasteiger partial charge >= 0.3 is 10.2 Å². The maximum atomic E-state index is 13.8. The predicted octanol–water partition coefficient (Wildman–Crippen LogP) is 3.80. The zero-order valence-corrected chi connectivity index (χ0v) is 24.6. The molecule has 1 aromatic heterocycles. The van der Waals surface area contributed by atoms with Gasteiger partial charge in [0.25, 0.3) is 5.91 Å². The van der Waals surface area contributed by atoms with Gasteiger partial charge in [-0.25, -0.2) is 4.72 Å². The topological polar surface area (TPSA) is 95.0 Å². The van der Waals surface area contributed by atoms with Crippen LogP contribution in [0.25, 0.3) is 22.2 Å². The standard InChI is InChI=1S/C30H39N5O4S/c1-32(2)17-18-34-19-22-13-10-15-24(30(37)31-40(38,39)33(3)4)28(22)29-27(21-11-6-5-7-12-21)23-14-8-9-16-25(23)35(29)20-26(34)36/h8-10,13-16,21H,5-7,11-12,17-20H2,1-4H3,(H,31,37). The highest BCUT2D eigenvalue weighted by molar-refractivity contribution is 7.87. The summed E-state index contributed by atoms with van der Waals surface area (Å²) in [5, 5.41) is 1.10. The van der Waals surface area contributed by atoms with Crippen molar-refractivity contribution in [3.63, 3.8) is 0 Å². The van der Waals surface area contributed by atoms with Gasteiger partial charge < -0.3 is 14.4 Å². The average Bonchev–Trinajstić information content (AvgIpc) is 3.23. The summed E-state index contributed by atoms with van der Waals surface area (Å²) >= 11 is 0. The van der Waals surface area contributed by atoms with Crippen molar-refractivity contribution in [2.24, 2.45) is 0 Å². The van der Waals surface area contributed by atoms with E-state index in [1.807, 2.05) is 48.2 Å². The van der Waals surface area contributed by atoms with E-state index in [0.29, 0.717) is 36.7 Å². The molecule has 214 valence electrons. The molecule has 9 nitrogen and oxygen atoms in total. The molecule has 40 heavy (non-hydrogen) atoms. The van der Waals surface area contributed by atoms with Crippen LogP contribution in [-0.4, -0.2) is 80.2 Å². The number of hydrogen-bond acceptors (Lipinski definition) is 5. The SMILES string of the molecule is CN(C)CCN1Cc2cccc(C(=O)NS(=O)(=O)N(C)C)c2-c2c(C3CCCCC3)c3ccccc3n2CC1=O. The highest BCUT2D eigenvalue weighted by Gasteiger charge is 2.34. The summed E-state index contributed by atoms with van der Waals surface area (Å²) in [5.74, 6) is -0.359. The first-order valence-corrected chi connectivity index (χ1v) is 15.4. The molecule has 3 aromatic rings. The van der Waals surface area contributed by atoms with Crippen LogP contribution >= 0.6 is 0 Å². The Balaban J connectivity index is 1.78. The van der Waals surface area contributed by atoms with Crippen molar-refractivity contribution in [2.45, 2.75) is 51.1 Å². The highest BCUT2D eigenvalue weighted by atomic mass is 32.2. The summed E-state index contributed by atoms with van der Waals surface area (Å²) < 4.78 is 30.7. The van der Waals surface area contributed by atoms with E-state index < -0.39 is 16.1 Å². The molecule has 2 amide bonds. The van der Waals surface area contributed by atoms with Crippen LogP contribution in [0.4, 0.5) is 0 Å². The maximum absolute atomic E-state index is 13.8. The summed E-state index contributed by atoms with van der Waals surface area (Å²) in [5.41, 5.74) is 4.85. The van der Waals surface area contributed by atoms with Gasteiger partial charge in [0.2, 0.25) is 5.91 Å². The molecule has 2 heterocycles. The van der Waals surface area contributed by atoms with Crippen molar-refractivity contribution in [3.8, 4) is 11.3 Å². The lowest BCUT2D eigenvalue weighted by Gasteiger charge is -2.31. The fourth-order valence-corrected chi connectivity index (χ4v) is 6.61. The summed E-state index contributed by atoms with van der Waals surface area (Å²) in [6.07, 6.45) is 5.57. The van der Waals surface area contributed by atoms with E-state index in [2.05, 4.69) is 15.4 Å². The van der Waals surface area contributed by atoms with Crippen LogP contribution in [0, 0.1) is 0 Å². The van der Waals surface area contributed by atoms with Gasteiger partial charge in [0.15, 0.2) is 0 Å². The monoisotopic (exact) mass is 565 g/mol. The molecule has 1 fully saturated rings. The van der Waals surface area contributed by atoms with Gasteiger partial charge in [0, 0.05) is 50.2 Å². The highest BCUT2D eigenvalue weighted by Crippen LogP contribution is 2.46. The number of aromatic nitrogens is 1. The Hall–Kier alpha value is -3.21. The molecule has 2 aliphatic rings. The van der Waals surface area contributed by atoms with Crippen molar-refractivity contribution >= 4 is 32.9 Å². The number of fused-ring (bicyclic) bond motifs is 5. The molecule has 5 rings (SSSR count). The number of para-hydroxylation sites is 1. The number of hydrogen-bond donors (Lipinski definition) is 1. The quantitative estimate of drug-likeness (QED) is 0.470. The Kier molecular flexibility index (Phi) is 8.03. The molecule has 1 N–H and O–H groups in total. The summed E-state index contributed by atoms with van der Waals surface area (Å²) in [4.78, 5) is 31.4. The Bertz CT molecular complexity index is 1540. The first-order valence-electron chi connectivity index (χ1n) is 14.0. The van der Waals surface area contributed by atoms with E-state index in [9.17, 15) is 18.0 Å². The van der Waals surface area contributed by atoms with Crippen LogP contribution < -0.4 is 4.72 Å². The van der Waals surface area contributed by atoms with E-state index in [1.54, 1.807) is 12.1 Å². The van der Waals surface area contributed by atoms with Gasteiger partial charge in [0.1, 0.15) is 6.54 Å². The Morgan fingerprint density at radius 3 is 2.40 bits per heavy atom. The number of rotatable bonds is 7. The normalized spacial score (nSPS) is 16.6. The molecule has 0 saturated heterocycles. The molecule has 0 radical (unpaired) electrons. The smallest absolute Gasteiger partial charge is 0.303 e. The summed E-state index contributed by atoms with van der Waals surface area (Å²) in [7, 11) is 2.73. The minimum atomic E-state index is -4.00. The van der Waals surface area contributed by atoms with Gasteiger partial charge in [-0.3, -0.25) is 9.59 Å². The molecule has 10 heteroatoms. The van der Waals surface area contributed by atoms with Crippen LogP contribution in [0.2, 0.25) is 0 Å². The van der Waals surface area contributed by atoms with E-state index >= 15 is 0 Å². The van der Waals surface area contributed by atoms with Crippen LogP contribution in [0.1, 0.15) is 59.5 Å². The van der Waals surface area contributed by atoms with E-state index in [1.165, 1.54) is 26.1 Å². The third-order valence-corrected chi connectivity index (χ3v) is 9.59. The van der Waals surface area contributed by atoms with Crippen molar-refractivity contribution < 1.29 is 18.0 Å². The second-order valence-electron chi connectivity index (χ2n) is 11.4. The predicted molar refractivity (Wildman–Crippen MR) is 157 cm³/mol. The number of likely N-dealkylation sites (N-methyl/N-ethyl adjacent to an activating group) is 1. The van der Waals surface area contributed by atoms with Gasteiger partial charge in [-0.15, -0.1) is 0 Å². The number of benzene rings is 2. The van der Waals surface area contributed by atoms with Crippen LogP contribution in [0.3, 0.4) is 0 Å². The van der Waals surface area contributed by atoms with E-state index in [-0.39, 0.29) is 12.5 Å².